The van der Waals surface area contributed by atoms with E-state index in [1.165, 1.54) is 56.7 Å². The lowest BCUT2D eigenvalue weighted by Crippen LogP contribution is -2.14. The summed E-state index contributed by atoms with van der Waals surface area (Å²) in [5.74, 6) is -1.85. The highest BCUT2D eigenvalue weighted by Gasteiger charge is 2.30. The highest BCUT2D eigenvalue weighted by Crippen LogP contribution is 2.47. The van der Waals surface area contributed by atoms with E-state index < -0.39 is 12.0 Å². The Morgan fingerprint density at radius 1 is 0.615 bits per heavy atom. The van der Waals surface area contributed by atoms with Crippen LogP contribution in [-0.2, 0) is 0 Å². The zero-order valence-corrected chi connectivity index (χ0v) is 21.1. The third kappa shape index (κ3) is 5.94. The molecule has 0 radical (unpaired) electrons. The minimum absolute atomic E-state index is 0.0821. The number of aliphatic hydroxyl groups excluding tert-OH is 1. The Balaban J connectivity index is 2.04. The number of hydrogen-bond donors (Lipinski definition) is 7. The Bertz CT molecular complexity index is 1490. The summed E-state index contributed by atoms with van der Waals surface area (Å²) in [6.07, 6.45) is 0.276. The van der Waals surface area contributed by atoms with E-state index in [-0.39, 0.29) is 51.6 Å². The zero-order chi connectivity index (χ0) is 28.3. The van der Waals surface area contributed by atoms with Crippen LogP contribution in [0.2, 0.25) is 0 Å². The maximum Gasteiger partial charge on any atom is 0.161 e. The van der Waals surface area contributed by atoms with Gasteiger partial charge in [-0.3, -0.25) is 0 Å². The molecule has 0 fully saturated rings. The Kier molecular flexibility index (Phi) is 7.73. The summed E-state index contributed by atoms with van der Waals surface area (Å²) in [7, 11) is 2.78. The fraction of sp³-hybridized carbons (Fsp3) is 0.133. The Morgan fingerprint density at radius 2 is 1.13 bits per heavy atom. The molecule has 4 rings (SSSR count). The molecule has 2 unspecified atom stereocenters. The van der Waals surface area contributed by atoms with Crippen LogP contribution in [0.15, 0.2) is 72.8 Å². The molecule has 4 aromatic carbocycles. The van der Waals surface area contributed by atoms with E-state index in [1.54, 1.807) is 24.3 Å². The van der Waals surface area contributed by atoms with Crippen LogP contribution >= 0.6 is 0 Å². The van der Waals surface area contributed by atoms with Crippen molar-refractivity contribution < 1.29 is 45.2 Å². The SMILES string of the molecule is COc1cc(/C=C(\c2cc(O)cc(O)c2)C(c2ccc(O)c(OC)c2)C(O)c2cc(O)cc(O)c2)ccc1O. The van der Waals surface area contributed by atoms with Crippen molar-refractivity contribution in [3.05, 3.63) is 95.1 Å². The normalized spacial score (nSPS) is 13.1. The summed E-state index contributed by atoms with van der Waals surface area (Å²) in [6, 6.07) is 16.8. The van der Waals surface area contributed by atoms with Crippen molar-refractivity contribution in [3.63, 3.8) is 0 Å². The molecule has 0 heterocycles. The molecule has 2 atom stereocenters. The van der Waals surface area contributed by atoms with E-state index in [9.17, 15) is 35.7 Å². The molecule has 4 aromatic rings. The Hall–Kier alpha value is -5.02. The van der Waals surface area contributed by atoms with Crippen molar-refractivity contribution in [2.45, 2.75) is 12.0 Å². The molecule has 7 N–H and O–H groups in total. The van der Waals surface area contributed by atoms with E-state index in [0.717, 1.165) is 12.1 Å². The second-order valence-corrected chi connectivity index (χ2v) is 8.91. The van der Waals surface area contributed by atoms with E-state index in [4.69, 9.17) is 9.47 Å². The van der Waals surface area contributed by atoms with Crippen LogP contribution in [0.25, 0.3) is 11.6 Å². The minimum atomic E-state index is -1.40. The van der Waals surface area contributed by atoms with Gasteiger partial charge in [-0.25, -0.2) is 0 Å². The molecular weight excluding hydrogens is 504 g/mol. The van der Waals surface area contributed by atoms with Gasteiger partial charge in [0.2, 0.25) is 0 Å². The van der Waals surface area contributed by atoms with Gasteiger partial charge in [0.15, 0.2) is 23.0 Å². The van der Waals surface area contributed by atoms with Crippen molar-refractivity contribution in [1.29, 1.82) is 0 Å². The first kappa shape index (κ1) is 27.0. The third-order valence-corrected chi connectivity index (χ3v) is 6.24. The molecule has 0 saturated heterocycles. The average molecular weight is 533 g/mol. The second kappa shape index (κ2) is 11.2. The van der Waals surface area contributed by atoms with Crippen LogP contribution in [-0.4, -0.2) is 50.0 Å². The smallest absolute Gasteiger partial charge is 0.161 e. The first-order valence-electron chi connectivity index (χ1n) is 11.8. The van der Waals surface area contributed by atoms with Crippen LogP contribution in [0.5, 0.6) is 46.0 Å². The fourth-order valence-corrected chi connectivity index (χ4v) is 4.48. The minimum Gasteiger partial charge on any atom is -0.508 e. The molecule has 0 spiro atoms. The van der Waals surface area contributed by atoms with Crippen LogP contribution < -0.4 is 9.47 Å². The van der Waals surface area contributed by atoms with Crippen molar-refractivity contribution >= 4 is 11.6 Å². The Morgan fingerprint density at radius 3 is 1.69 bits per heavy atom. The molecule has 202 valence electrons. The van der Waals surface area contributed by atoms with Crippen molar-refractivity contribution in [2.24, 2.45) is 0 Å². The van der Waals surface area contributed by atoms with Gasteiger partial charge in [-0.05, 0) is 76.4 Å². The molecule has 0 amide bonds. The van der Waals surface area contributed by atoms with Crippen molar-refractivity contribution in [3.8, 4) is 46.0 Å². The molecule has 0 aliphatic heterocycles. The largest absolute Gasteiger partial charge is 0.508 e. The molecule has 0 aliphatic rings. The predicted molar refractivity (Wildman–Crippen MR) is 144 cm³/mol. The van der Waals surface area contributed by atoms with Gasteiger partial charge >= 0.3 is 0 Å². The van der Waals surface area contributed by atoms with Crippen molar-refractivity contribution in [2.75, 3.05) is 14.2 Å². The Labute approximate surface area is 224 Å². The number of ether oxygens (including phenoxy) is 2. The number of hydrogen-bond acceptors (Lipinski definition) is 9. The number of rotatable bonds is 8. The topological polar surface area (TPSA) is 160 Å². The summed E-state index contributed by atoms with van der Waals surface area (Å²) >= 11 is 0. The number of phenols is 6. The van der Waals surface area contributed by atoms with Gasteiger partial charge in [0.25, 0.3) is 0 Å². The van der Waals surface area contributed by atoms with E-state index in [0.29, 0.717) is 22.3 Å². The molecule has 39 heavy (non-hydrogen) atoms. The van der Waals surface area contributed by atoms with Crippen LogP contribution in [0.3, 0.4) is 0 Å². The highest BCUT2D eigenvalue weighted by molar-refractivity contribution is 5.87. The molecule has 0 saturated carbocycles. The summed E-state index contributed by atoms with van der Waals surface area (Å²) in [4.78, 5) is 0. The van der Waals surface area contributed by atoms with Gasteiger partial charge in [0.1, 0.15) is 23.0 Å². The lowest BCUT2D eigenvalue weighted by molar-refractivity contribution is 0.164. The van der Waals surface area contributed by atoms with Gasteiger partial charge < -0.3 is 45.2 Å². The molecule has 0 aliphatic carbocycles. The average Bonchev–Trinajstić information content (AvgIpc) is 2.88. The maximum atomic E-state index is 11.8. The summed E-state index contributed by atoms with van der Waals surface area (Å²) < 4.78 is 10.5. The first-order chi connectivity index (χ1) is 18.6. The van der Waals surface area contributed by atoms with E-state index >= 15 is 0 Å². The van der Waals surface area contributed by atoms with Crippen LogP contribution in [0.4, 0.5) is 0 Å². The van der Waals surface area contributed by atoms with Gasteiger partial charge in [-0.1, -0.05) is 18.2 Å². The molecule has 0 aromatic heterocycles. The summed E-state index contributed by atoms with van der Waals surface area (Å²) in [6.45, 7) is 0. The van der Waals surface area contributed by atoms with Crippen molar-refractivity contribution in [1.82, 2.24) is 0 Å². The monoisotopic (exact) mass is 532 g/mol. The zero-order valence-electron chi connectivity index (χ0n) is 21.1. The van der Waals surface area contributed by atoms with Crippen LogP contribution in [0.1, 0.15) is 34.3 Å². The number of aliphatic hydroxyl groups is 1. The van der Waals surface area contributed by atoms with Gasteiger partial charge in [0, 0.05) is 18.1 Å². The fourth-order valence-electron chi connectivity index (χ4n) is 4.48. The predicted octanol–water partition coefficient (Wildman–Crippen LogP) is 5.00. The number of aromatic hydroxyl groups is 6. The molecular formula is C30H28O9. The molecule has 9 nitrogen and oxygen atoms in total. The summed E-state index contributed by atoms with van der Waals surface area (Å²) in [5, 5.41) is 72.9. The van der Waals surface area contributed by atoms with Gasteiger partial charge in [-0.2, -0.15) is 0 Å². The van der Waals surface area contributed by atoms with Gasteiger partial charge in [0.05, 0.1) is 20.3 Å². The number of methoxy groups -OCH3 is 2. The van der Waals surface area contributed by atoms with Crippen LogP contribution in [0, 0.1) is 0 Å². The second-order valence-electron chi connectivity index (χ2n) is 8.91. The molecule has 9 heteroatoms. The highest BCUT2D eigenvalue weighted by atomic mass is 16.5. The van der Waals surface area contributed by atoms with E-state index in [2.05, 4.69) is 0 Å². The number of phenolic OH excluding ortho intramolecular Hbond substituents is 6. The third-order valence-electron chi connectivity index (χ3n) is 6.24. The lowest BCUT2D eigenvalue weighted by atomic mass is 9.79. The standard InChI is InChI=1S/C30H28O9/c1-38-27-8-16(3-5-25(27)35)7-24(18-9-20(31)14-21(32)10-18)29(17-4-6-26(36)28(13-17)39-2)30(37)19-11-22(33)15-23(34)12-19/h3-15,29-37H,1-2H3/b24-7+. The van der Waals surface area contributed by atoms with E-state index in [1.807, 2.05) is 0 Å². The lowest BCUT2D eigenvalue weighted by Gasteiger charge is -2.28. The first-order valence-corrected chi connectivity index (χ1v) is 11.8. The maximum absolute atomic E-state index is 11.8. The number of benzene rings is 4. The summed E-state index contributed by atoms with van der Waals surface area (Å²) in [5.41, 5.74) is 1.89. The van der Waals surface area contributed by atoms with Gasteiger partial charge in [-0.15, -0.1) is 0 Å². The quantitative estimate of drug-likeness (QED) is 0.155. The molecule has 0 bridgehead atoms.